The number of nitrogens with zero attached hydrogens (tertiary/aromatic N) is 1. The average Bonchev–Trinajstić information content (AvgIpc) is 2.30. The molecule has 0 spiro atoms. The van der Waals surface area contributed by atoms with E-state index in [2.05, 4.69) is 37.9 Å². The van der Waals surface area contributed by atoms with Crippen molar-refractivity contribution in [2.45, 2.75) is 71.9 Å². The SMILES string of the molecule is CCCC(C)NC(C)C1CCCN(CCC)C1. The fourth-order valence-electron chi connectivity index (χ4n) is 3.12. The van der Waals surface area contributed by atoms with Gasteiger partial charge in [-0.3, -0.25) is 0 Å². The van der Waals surface area contributed by atoms with E-state index in [1.807, 2.05) is 0 Å². The van der Waals surface area contributed by atoms with Crippen LogP contribution in [0, 0.1) is 5.92 Å². The standard InChI is InChI=1S/C15H32N2/c1-5-8-13(3)16-14(4)15-9-7-11-17(12-15)10-6-2/h13-16H,5-12H2,1-4H3. The van der Waals surface area contributed by atoms with Crippen LogP contribution in [0.25, 0.3) is 0 Å². The molecule has 1 N–H and O–H groups in total. The Kier molecular flexibility index (Phi) is 7.14. The molecule has 102 valence electrons. The van der Waals surface area contributed by atoms with Crippen LogP contribution in [0.15, 0.2) is 0 Å². The van der Waals surface area contributed by atoms with Crippen molar-refractivity contribution >= 4 is 0 Å². The molecule has 1 heterocycles. The number of piperidine rings is 1. The van der Waals surface area contributed by atoms with Gasteiger partial charge in [-0.25, -0.2) is 0 Å². The van der Waals surface area contributed by atoms with E-state index in [4.69, 9.17) is 0 Å². The minimum absolute atomic E-state index is 0.677. The van der Waals surface area contributed by atoms with Gasteiger partial charge < -0.3 is 10.2 Å². The molecular weight excluding hydrogens is 208 g/mol. The minimum atomic E-state index is 0.677. The van der Waals surface area contributed by atoms with E-state index >= 15 is 0 Å². The van der Waals surface area contributed by atoms with Crippen LogP contribution in [0.1, 0.15) is 59.8 Å². The highest BCUT2D eigenvalue weighted by molar-refractivity contribution is 4.81. The average molecular weight is 240 g/mol. The molecule has 1 fully saturated rings. The summed E-state index contributed by atoms with van der Waals surface area (Å²) in [6.45, 7) is 13.2. The Balaban J connectivity index is 2.32. The van der Waals surface area contributed by atoms with Gasteiger partial charge in [-0.1, -0.05) is 20.3 Å². The molecule has 3 unspecified atom stereocenters. The molecule has 1 aliphatic rings. The van der Waals surface area contributed by atoms with Crippen LogP contribution in [0.3, 0.4) is 0 Å². The monoisotopic (exact) mass is 240 g/mol. The first-order chi connectivity index (χ1) is 8.17. The van der Waals surface area contributed by atoms with Crippen LogP contribution in [0.4, 0.5) is 0 Å². The predicted octanol–water partition coefficient (Wildman–Crippen LogP) is 3.28. The van der Waals surface area contributed by atoms with Crippen molar-refractivity contribution in [2.24, 2.45) is 5.92 Å². The van der Waals surface area contributed by atoms with E-state index in [0.29, 0.717) is 12.1 Å². The smallest absolute Gasteiger partial charge is 0.00816 e. The van der Waals surface area contributed by atoms with Gasteiger partial charge in [-0.05, 0) is 58.5 Å². The first-order valence-corrected chi connectivity index (χ1v) is 7.65. The maximum Gasteiger partial charge on any atom is 0.00816 e. The minimum Gasteiger partial charge on any atom is -0.311 e. The molecule has 0 radical (unpaired) electrons. The van der Waals surface area contributed by atoms with Gasteiger partial charge >= 0.3 is 0 Å². The summed E-state index contributed by atoms with van der Waals surface area (Å²) in [4.78, 5) is 2.65. The molecule has 2 heteroatoms. The van der Waals surface area contributed by atoms with Gasteiger partial charge in [0.25, 0.3) is 0 Å². The van der Waals surface area contributed by atoms with E-state index in [9.17, 15) is 0 Å². The quantitative estimate of drug-likeness (QED) is 0.735. The molecule has 1 rings (SSSR count). The molecule has 0 aromatic heterocycles. The maximum absolute atomic E-state index is 3.79. The van der Waals surface area contributed by atoms with E-state index in [1.54, 1.807) is 0 Å². The lowest BCUT2D eigenvalue weighted by atomic mass is 9.91. The molecule has 17 heavy (non-hydrogen) atoms. The summed E-state index contributed by atoms with van der Waals surface area (Å²) in [7, 11) is 0. The summed E-state index contributed by atoms with van der Waals surface area (Å²) in [5.41, 5.74) is 0. The van der Waals surface area contributed by atoms with Crippen molar-refractivity contribution in [3.05, 3.63) is 0 Å². The van der Waals surface area contributed by atoms with E-state index in [0.717, 1.165) is 5.92 Å². The lowest BCUT2D eigenvalue weighted by Crippen LogP contribution is -2.46. The summed E-state index contributed by atoms with van der Waals surface area (Å²) in [5.74, 6) is 0.856. The van der Waals surface area contributed by atoms with Crippen molar-refractivity contribution in [1.82, 2.24) is 10.2 Å². The number of nitrogens with one attached hydrogen (secondary N) is 1. The molecule has 0 aromatic rings. The topological polar surface area (TPSA) is 15.3 Å². The van der Waals surface area contributed by atoms with E-state index < -0.39 is 0 Å². The Labute approximate surface area is 108 Å². The van der Waals surface area contributed by atoms with Crippen molar-refractivity contribution in [2.75, 3.05) is 19.6 Å². The molecule has 0 bridgehead atoms. The number of hydrogen-bond donors (Lipinski definition) is 1. The fourth-order valence-corrected chi connectivity index (χ4v) is 3.12. The zero-order valence-corrected chi connectivity index (χ0v) is 12.3. The molecule has 0 saturated carbocycles. The van der Waals surface area contributed by atoms with Gasteiger partial charge in [0.05, 0.1) is 0 Å². The summed E-state index contributed by atoms with van der Waals surface area (Å²) >= 11 is 0. The third-order valence-corrected chi connectivity index (χ3v) is 4.06. The molecule has 1 saturated heterocycles. The summed E-state index contributed by atoms with van der Waals surface area (Å²) in [6.07, 6.45) is 6.68. The Hall–Kier alpha value is -0.0800. The van der Waals surface area contributed by atoms with Crippen LogP contribution in [-0.2, 0) is 0 Å². The van der Waals surface area contributed by atoms with Crippen molar-refractivity contribution in [1.29, 1.82) is 0 Å². The molecule has 1 aliphatic heterocycles. The van der Waals surface area contributed by atoms with E-state index in [1.165, 1.54) is 51.7 Å². The lowest BCUT2D eigenvalue weighted by molar-refractivity contribution is 0.147. The van der Waals surface area contributed by atoms with Gasteiger partial charge in [0.15, 0.2) is 0 Å². The largest absolute Gasteiger partial charge is 0.311 e. The highest BCUT2D eigenvalue weighted by atomic mass is 15.1. The molecule has 2 nitrogen and oxygen atoms in total. The first kappa shape index (κ1) is 15.0. The maximum atomic E-state index is 3.79. The Morgan fingerprint density at radius 1 is 1.24 bits per heavy atom. The van der Waals surface area contributed by atoms with Crippen molar-refractivity contribution < 1.29 is 0 Å². The third kappa shape index (κ3) is 5.39. The molecule has 0 aliphatic carbocycles. The van der Waals surface area contributed by atoms with Crippen LogP contribution < -0.4 is 5.32 Å². The Bertz CT molecular complexity index is 191. The van der Waals surface area contributed by atoms with Gasteiger partial charge in [-0.2, -0.15) is 0 Å². The summed E-state index contributed by atoms with van der Waals surface area (Å²) in [5, 5.41) is 3.79. The second kappa shape index (κ2) is 8.10. The third-order valence-electron chi connectivity index (χ3n) is 4.06. The second-order valence-corrected chi connectivity index (χ2v) is 5.85. The fraction of sp³-hybridized carbons (Fsp3) is 1.00. The highest BCUT2D eigenvalue weighted by Gasteiger charge is 2.24. The van der Waals surface area contributed by atoms with E-state index in [-0.39, 0.29) is 0 Å². The van der Waals surface area contributed by atoms with Crippen molar-refractivity contribution in [3.8, 4) is 0 Å². The zero-order chi connectivity index (χ0) is 12.7. The molecule has 3 atom stereocenters. The number of likely N-dealkylation sites (tertiary alicyclic amines) is 1. The van der Waals surface area contributed by atoms with Crippen LogP contribution in [0.2, 0.25) is 0 Å². The van der Waals surface area contributed by atoms with Crippen LogP contribution in [-0.4, -0.2) is 36.6 Å². The molecular formula is C15H32N2. The van der Waals surface area contributed by atoms with Crippen LogP contribution >= 0.6 is 0 Å². The lowest BCUT2D eigenvalue weighted by Gasteiger charge is -2.37. The normalized spacial score (nSPS) is 25.8. The van der Waals surface area contributed by atoms with Crippen molar-refractivity contribution in [3.63, 3.8) is 0 Å². The summed E-state index contributed by atoms with van der Waals surface area (Å²) < 4.78 is 0. The van der Waals surface area contributed by atoms with Gasteiger partial charge in [-0.15, -0.1) is 0 Å². The predicted molar refractivity (Wildman–Crippen MR) is 76.4 cm³/mol. The highest BCUT2D eigenvalue weighted by Crippen LogP contribution is 2.20. The Morgan fingerprint density at radius 2 is 2.00 bits per heavy atom. The molecule has 0 amide bonds. The first-order valence-electron chi connectivity index (χ1n) is 7.65. The molecule has 0 aromatic carbocycles. The van der Waals surface area contributed by atoms with Gasteiger partial charge in [0.1, 0.15) is 0 Å². The Morgan fingerprint density at radius 3 is 2.65 bits per heavy atom. The van der Waals surface area contributed by atoms with Crippen LogP contribution in [0.5, 0.6) is 0 Å². The summed E-state index contributed by atoms with van der Waals surface area (Å²) in [6, 6.07) is 1.35. The number of hydrogen-bond acceptors (Lipinski definition) is 2. The number of rotatable bonds is 7. The van der Waals surface area contributed by atoms with Gasteiger partial charge in [0.2, 0.25) is 0 Å². The zero-order valence-electron chi connectivity index (χ0n) is 12.3. The second-order valence-electron chi connectivity index (χ2n) is 5.85. The van der Waals surface area contributed by atoms with Gasteiger partial charge in [0, 0.05) is 18.6 Å².